The number of thiophene rings is 1. The van der Waals surface area contributed by atoms with E-state index >= 15 is 0 Å². The number of anilines is 1. The third kappa shape index (κ3) is 5.44. The molecule has 0 saturated carbocycles. The zero-order chi connectivity index (χ0) is 18.2. The summed E-state index contributed by atoms with van der Waals surface area (Å²) in [7, 11) is 1.79. The molecule has 2 N–H and O–H groups in total. The second-order valence-corrected chi connectivity index (χ2v) is 7.37. The molecule has 3 heterocycles. The lowest BCUT2D eigenvalue weighted by Crippen LogP contribution is -2.41. The molecule has 1 aliphatic heterocycles. The molecular formula is C19H27N5OS. The van der Waals surface area contributed by atoms with Gasteiger partial charge in [-0.05, 0) is 36.4 Å². The van der Waals surface area contributed by atoms with Crippen LogP contribution in [0, 0.1) is 0 Å². The van der Waals surface area contributed by atoms with Gasteiger partial charge in [-0.15, -0.1) is 11.3 Å². The first-order chi connectivity index (χ1) is 12.7. The standard InChI is InChI=1S/C19H27N5OS/c1-15-14-24(9-10-25-15)18-6-5-16(12-22-18)13-23-19(20-2)21-8-7-17-4-3-11-26-17/h3-6,11-12,15H,7-10,13-14H2,1-2H3,(H2,20,21,23). The van der Waals surface area contributed by atoms with E-state index in [1.54, 1.807) is 18.4 Å². The van der Waals surface area contributed by atoms with Crippen molar-refractivity contribution in [1.29, 1.82) is 0 Å². The van der Waals surface area contributed by atoms with E-state index in [0.29, 0.717) is 6.54 Å². The topological polar surface area (TPSA) is 61.8 Å². The monoisotopic (exact) mass is 373 g/mol. The second-order valence-electron chi connectivity index (χ2n) is 6.33. The second kappa shape index (κ2) is 9.54. The maximum Gasteiger partial charge on any atom is 0.191 e. The normalized spacial score (nSPS) is 18.0. The molecule has 0 radical (unpaired) electrons. The third-order valence-corrected chi connectivity index (χ3v) is 5.24. The summed E-state index contributed by atoms with van der Waals surface area (Å²) in [5.74, 6) is 1.83. The van der Waals surface area contributed by atoms with Gasteiger partial charge in [0.2, 0.25) is 0 Å². The summed E-state index contributed by atoms with van der Waals surface area (Å²) in [6, 6.07) is 8.45. The lowest BCUT2D eigenvalue weighted by atomic mass is 10.2. The molecule has 2 aromatic rings. The van der Waals surface area contributed by atoms with Gasteiger partial charge >= 0.3 is 0 Å². The first kappa shape index (κ1) is 18.7. The van der Waals surface area contributed by atoms with Crippen LogP contribution in [0.5, 0.6) is 0 Å². The summed E-state index contributed by atoms with van der Waals surface area (Å²) in [4.78, 5) is 12.5. The number of aromatic nitrogens is 1. The Bertz CT molecular complexity index is 686. The number of nitrogens with one attached hydrogen (secondary N) is 2. The summed E-state index contributed by atoms with van der Waals surface area (Å²) in [6.07, 6.45) is 3.20. The molecule has 7 heteroatoms. The van der Waals surface area contributed by atoms with Crippen molar-refractivity contribution in [2.24, 2.45) is 4.99 Å². The van der Waals surface area contributed by atoms with Crippen molar-refractivity contribution >= 4 is 23.1 Å². The summed E-state index contributed by atoms with van der Waals surface area (Å²) in [6.45, 7) is 6.22. The van der Waals surface area contributed by atoms with Gasteiger partial charge in [0.1, 0.15) is 5.82 Å². The first-order valence-corrected chi connectivity index (χ1v) is 9.91. The molecule has 26 heavy (non-hydrogen) atoms. The van der Waals surface area contributed by atoms with E-state index in [0.717, 1.165) is 50.0 Å². The quantitative estimate of drug-likeness (QED) is 0.601. The van der Waals surface area contributed by atoms with Crippen LogP contribution in [0.4, 0.5) is 5.82 Å². The molecule has 0 aliphatic carbocycles. The lowest BCUT2D eigenvalue weighted by Gasteiger charge is -2.32. The fourth-order valence-electron chi connectivity index (χ4n) is 2.90. The van der Waals surface area contributed by atoms with Crippen molar-refractivity contribution < 1.29 is 4.74 Å². The molecule has 0 bridgehead atoms. The van der Waals surface area contributed by atoms with Gasteiger partial charge in [-0.2, -0.15) is 0 Å². The highest BCUT2D eigenvalue weighted by Crippen LogP contribution is 2.15. The highest BCUT2D eigenvalue weighted by Gasteiger charge is 2.17. The van der Waals surface area contributed by atoms with E-state index in [2.05, 4.69) is 62.1 Å². The van der Waals surface area contributed by atoms with Crippen molar-refractivity contribution in [1.82, 2.24) is 15.6 Å². The van der Waals surface area contributed by atoms with Crippen molar-refractivity contribution in [2.75, 3.05) is 38.2 Å². The van der Waals surface area contributed by atoms with Crippen LogP contribution in [-0.2, 0) is 17.7 Å². The van der Waals surface area contributed by atoms with Gasteiger partial charge in [0, 0.05) is 44.3 Å². The number of aliphatic imine (C=N–C) groups is 1. The number of hydrogen-bond acceptors (Lipinski definition) is 5. The molecular weight excluding hydrogens is 346 g/mol. The van der Waals surface area contributed by atoms with Crippen LogP contribution in [0.2, 0.25) is 0 Å². The minimum atomic E-state index is 0.260. The fourth-order valence-corrected chi connectivity index (χ4v) is 3.61. The Hall–Kier alpha value is -2.12. The molecule has 140 valence electrons. The Balaban J connectivity index is 1.44. The molecule has 6 nitrogen and oxygen atoms in total. The van der Waals surface area contributed by atoms with E-state index in [4.69, 9.17) is 4.74 Å². The number of rotatable bonds is 6. The number of hydrogen-bond donors (Lipinski definition) is 2. The molecule has 0 spiro atoms. The smallest absolute Gasteiger partial charge is 0.191 e. The average Bonchev–Trinajstić information content (AvgIpc) is 3.18. The van der Waals surface area contributed by atoms with E-state index in [1.165, 1.54) is 4.88 Å². The van der Waals surface area contributed by atoms with E-state index in [-0.39, 0.29) is 6.10 Å². The van der Waals surface area contributed by atoms with E-state index < -0.39 is 0 Å². The Kier molecular flexibility index (Phi) is 6.85. The molecule has 0 aromatic carbocycles. The predicted molar refractivity (Wildman–Crippen MR) is 108 cm³/mol. The van der Waals surface area contributed by atoms with E-state index in [9.17, 15) is 0 Å². The van der Waals surface area contributed by atoms with Crippen LogP contribution in [-0.4, -0.2) is 50.3 Å². The zero-order valence-corrected chi connectivity index (χ0v) is 16.3. The Labute approximate surface area is 159 Å². The van der Waals surface area contributed by atoms with Gasteiger partial charge in [0.15, 0.2) is 5.96 Å². The Morgan fingerprint density at radius 3 is 3.00 bits per heavy atom. The Morgan fingerprint density at radius 1 is 1.38 bits per heavy atom. The molecule has 1 aliphatic rings. The van der Waals surface area contributed by atoms with Crippen LogP contribution in [0.15, 0.2) is 40.8 Å². The SMILES string of the molecule is CN=C(NCCc1cccs1)NCc1ccc(N2CCOC(C)C2)nc1. The lowest BCUT2D eigenvalue weighted by molar-refractivity contribution is 0.0529. The summed E-state index contributed by atoms with van der Waals surface area (Å²) in [5, 5.41) is 8.80. The van der Waals surface area contributed by atoms with Gasteiger partial charge in [-0.25, -0.2) is 4.98 Å². The summed E-state index contributed by atoms with van der Waals surface area (Å²) < 4.78 is 5.59. The maximum atomic E-state index is 5.59. The predicted octanol–water partition coefficient (Wildman–Crippen LogP) is 2.28. The summed E-state index contributed by atoms with van der Waals surface area (Å²) in [5.41, 5.74) is 1.14. The number of nitrogens with zero attached hydrogens (tertiary/aromatic N) is 3. The number of pyridine rings is 1. The zero-order valence-electron chi connectivity index (χ0n) is 15.4. The van der Waals surface area contributed by atoms with Crippen LogP contribution in [0.3, 0.4) is 0 Å². The van der Waals surface area contributed by atoms with Crippen molar-refractivity contribution in [3.05, 3.63) is 46.3 Å². The number of morpholine rings is 1. The fraction of sp³-hybridized carbons (Fsp3) is 0.474. The first-order valence-electron chi connectivity index (χ1n) is 9.03. The molecule has 2 aromatic heterocycles. The molecule has 1 fully saturated rings. The van der Waals surface area contributed by atoms with Gasteiger partial charge < -0.3 is 20.3 Å². The highest BCUT2D eigenvalue weighted by molar-refractivity contribution is 7.09. The Morgan fingerprint density at radius 2 is 2.31 bits per heavy atom. The molecule has 1 unspecified atom stereocenters. The average molecular weight is 374 g/mol. The number of guanidine groups is 1. The van der Waals surface area contributed by atoms with Crippen LogP contribution in [0.25, 0.3) is 0 Å². The van der Waals surface area contributed by atoms with Gasteiger partial charge in [-0.1, -0.05) is 12.1 Å². The number of ether oxygens (including phenoxy) is 1. The third-order valence-electron chi connectivity index (χ3n) is 4.30. The van der Waals surface area contributed by atoms with Crippen LogP contribution < -0.4 is 15.5 Å². The minimum absolute atomic E-state index is 0.260. The molecule has 0 amide bonds. The van der Waals surface area contributed by atoms with Crippen LogP contribution in [0.1, 0.15) is 17.4 Å². The van der Waals surface area contributed by atoms with E-state index in [1.807, 2.05) is 6.20 Å². The van der Waals surface area contributed by atoms with Gasteiger partial charge in [0.25, 0.3) is 0 Å². The summed E-state index contributed by atoms with van der Waals surface area (Å²) >= 11 is 1.79. The molecule has 1 saturated heterocycles. The minimum Gasteiger partial charge on any atom is -0.375 e. The highest BCUT2D eigenvalue weighted by atomic mass is 32.1. The van der Waals surface area contributed by atoms with Crippen molar-refractivity contribution in [3.63, 3.8) is 0 Å². The largest absolute Gasteiger partial charge is 0.375 e. The van der Waals surface area contributed by atoms with Crippen LogP contribution >= 0.6 is 11.3 Å². The van der Waals surface area contributed by atoms with Gasteiger partial charge in [0.05, 0.1) is 12.7 Å². The van der Waals surface area contributed by atoms with Crippen molar-refractivity contribution in [2.45, 2.75) is 26.0 Å². The molecule has 1 atom stereocenters. The molecule has 3 rings (SSSR count). The van der Waals surface area contributed by atoms with Gasteiger partial charge in [-0.3, -0.25) is 4.99 Å². The van der Waals surface area contributed by atoms with Crippen molar-refractivity contribution in [3.8, 4) is 0 Å². The maximum absolute atomic E-state index is 5.59.